The van der Waals surface area contributed by atoms with Gasteiger partial charge >= 0.3 is 5.97 Å². The molecule has 0 aliphatic carbocycles. The van der Waals surface area contributed by atoms with E-state index in [4.69, 9.17) is 25.8 Å². The average Bonchev–Trinajstić information content (AvgIpc) is 3.46. The second kappa shape index (κ2) is 12.9. The lowest BCUT2D eigenvalue weighted by atomic mass is 10.1. The Morgan fingerprint density at radius 3 is 2.66 bits per heavy atom. The number of hydrogen-bond donors (Lipinski definition) is 1. The molecule has 4 aromatic rings. The minimum Gasteiger partial charge on any atom is -0.506 e. The third-order valence-corrected chi connectivity index (χ3v) is 8.09. The number of rotatable bonds is 9. The van der Waals surface area contributed by atoms with Crippen molar-refractivity contribution in [3.05, 3.63) is 104 Å². The number of methoxy groups -OCH3 is 1. The number of esters is 1. The Kier molecular flexibility index (Phi) is 9.07. The summed E-state index contributed by atoms with van der Waals surface area (Å²) >= 11 is 11.0. The summed E-state index contributed by atoms with van der Waals surface area (Å²) in [4.78, 5) is 18.0. The number of fused-ring (bicyclic) bond motifs is 1. The largest absolute Gasteiger partial charge is 0.506 e. The Morgan fingerprint density at radius 2 is 1.93 bits per heavy atom. The molecule has 1 aliphatic heterocycles. The van der Waals surface area contributed by atoms with Gasteiger partial charge in [0.1, 0.15) is 34.5 Å². The smallest absolute Gasteiger partial charge is 0.344 e. The number of aromatic nitrogens is 1. The quantitative estimate of drug-likeness (QED) is 0.183. The summed E-state index contributed by atoms with van der Waals surface area (Å²) in [5, 5.41) is 13.1. The van der Waals surface area contributed by atoms with Gasteiger partial charge < -0.3 is 23.9 Å². The first kappa shape index (κ1) is 28.9. The Hall–Kier alpha value is -3.66. The van der Waals surface area contributed by atoms with Crippen LogP contribution < -0.4 is 9.47 Å². The van der Waals surface area contributed by atoms with E-state index in [0.29, 0.717) is 45.3 Å². The van der Waals surface area contributed by atoms with Gasteiger partial charge in [0.15, 0.2) is 0 Å². The molecule has 0 bridgehead atoms. The fourth-order valence-corrected chi connectivity index (χ4v) is 5.90. The van der Waals surface area contributed by atoms with Gasteiger partial charge in [-0.3, -0.25) is 0 Å². The number of aliphatic hydroxyl groups is 1. The first-order valence-electron chi connectivity index (χ1n) is 12.8. The van der Waals surface area contributed by atoms with Gasteiger partial charge in [0.2, 0.25) is 0 Å². The lowest BCUT2D eigenvalue weighted by Gasteiger charge is -2.09. The van der Waals surface area contributed by atoms with E-state index < -0.39 is 5.97 Å². The maximum absolute atomic E-state index is 12.9. The number of halogens is 2. The van der Waals surface area contributed by atoms with Crippen LogP contribution in [0.1, 0.15) is 12.5 Å². The Labute approximate surface area is 255 Å². The molecule has 41 heavy (non-hydrogen) atoms. The SMILES string of the molecule is CCOC(=O)C1=C(O)/C(=C/c2cn(CCOc3ccccc3Cl)c3ccc(Br)cc23)SC1=Nc1ccc(OC)cc1. The second-order valence-electron chi connectivity index (χ2n) is 8.89. The molecule has 1 aromatic heterocycles. The van der Waals surface area contributed by atoms with Gasteiger partial charge in [0, 0.05) is 27.1 Å². The monoisotopic (exact) mass is 652 g/mol. The molecule has 0 saturated carbocycles. The fraction of sp³-hybridized carbons (Fsp3) is 0.161. The molecule has 10 heteroatoms. The standard InChI is InChI=1S/C31H26BrClN2O5S/c1-3-39-31(37)28-29(36)27(41-30(28)34-21-9-11-22(38-2)12-10-21)16-19-18-35(25-13-8-20(32)17-23(19)25)14-15-40-26-7-5-4-6-24(26)33/h4-13,16-18,36H,3,14-15H2,1-2H3/b27-16-,34-30?. The topological polar surface area (TPSA) is 82.3 Å². The van der Waals surface area contributed by atoms with Crippen LogP contribution in [0.3, 0.4) is 0 Å². The molecule has 1 aliphatic rings. The zero-order valence-corrected chi connectivity index (χ0v) is 25.4. The molecule has 0 atom stereocenters. The van der Waals surface area contributed by atoms with Crippen LogP contribution in [0, 0.1) is 0 Å². The summed E-state index contributed by atoms with van der Waals surface area (Å²) in [6, 6.07) is 20.5. The molecule has 5 rings (SSSR count). The van der Waals surface area contributed by atoms with Gasteiger partial charge in [-0.25, -0.2) is 9.79 Å². The van der Waals surface area contributed by atoms with E-state index in [1.54, 1.807) is 44.4 Å². The van der Waals surface area contributed by atoms with Crippen molar-refractivity contribution in [2.24, 2.45) is 4.99 Å². The molecule has 2 heterocycles. The van der Waals surface area contributed by atoms with Crippen molar-refractivity contribution in [1.29, 1.82) is 0 Å². The predicted molar refractivity (Wildman–Crippen MR) is 169 cm³/mol. The van der Waals surface area contributed by atoms with Gasteiger partial charge in [-0.2, -0.15) is 0 Å². The zero-order valence-electron chi connectivity index (χ0n) is 22.3. The molecule has 0 fully saturated rings. The first-order valence-corrected chi connectivity index (χ1v) is 14.8. The molecule has 0 unspecified atom stereocenters. The van der Waals surface area contributed by atoms with Crippen LogP contribution in [-0.4, -0.2) is 41.0 Å². The maximum Gasteiger partial charge on any atom is 0.344 e. The third-order valence-electron chi connectivity index (χ3n) is 6.26. The van der Waals surface area contributed by atoms with E-state index in [2.05, 4.69) is 25.5 Å². The molecular weight excluding hydrogens is 628 g/mol. The lowest BCUT2D eigenvalue weighted by Crippen LogP contribution is -2.12. The molecule has 1 N–H and O–H groups in total. The van der Waals surface area contributed by atoms with Crippen molar-refractivity contribution in [3.8, 4) is 11.5 Å². The number of aliphatic hydroxyl groups excluding tert-OH is 1. The molecule has 0 saturated heterocycles. The van der Waals surface area contributed by atoms with E-state index in [9.17, 15) is 9.90 Å². The highest BCUT2D eigenvalue weighted by Gasteiger charge is 2.33. The van der Waals surface area contributed by atoms with Crippen LogP contribution >= 0.6 is 39.3 Å². The lowest BCUT2D eigenvalue weighted by molar-refractivity contribution is -0.138. The number of nitrogens with zero attached hydrogens (tertiary/aromatic N) is 2. The fourth-order valence-electron chi connectivity index (χ4n) is 4.32. The number of para-hydroxylation sites is 1. The van der Waals surface area contributed by atoms with Gasteiger partial charge in [0.05, 0.1) is 35.9 Å². The number of benzene rings is 3. The number of aliphatic imine (C=N–C) groups is 1. The number of ether oxygens (including phenoxy) is 3. The van der Waals surface area contributed by atoms with Gasteiger partial charge in [-0.15, -0.1) is 0 Å². The van der Waals surface area contributed by atoms with Crippen molar-refractivity contribution in [3.63, 3.8) is 0 Å². The number of thioether (sulfide) groups is 1. The van der Waals surface area contributed by atoms with E-state index in [1.165, 1.54) is 11.8 Å². The molecule has 7 nitrogen and oxygen atoms in total. The van der Waals surface area contributed by atoms with Crippen molar-refractivity contribution in [2.45, 2.75) is 13.5 Å². The maximum atomic E-state index is 12.9. The van der Waals surface area contributed by atoms with Crippen molar-refractivity contribution in [2.75, 3.05) is 20.3 Å². The van der Waals surface area contributed by atoms with Crippen LogP contribution in [0.25, 0.3) is 17.0 Å². The molecule has 210 valence electrons. The van der Waals surface area contributed by atoms with Crippen LogP contribution in [0.2, 0.25) is 5.02 Å². The molecule has 0 amide bonds. The highest BCUT2D eigenvalue weighted by atomic mass is 79.9. The molecule has 3 aromatic carbocycles. The summed E-state index contributed by atoms with van der Waals surface area (Å²) in [5.74, 6) is 0.523. The van der Waals surface area contributed by atoms with Crippen LogP contribution in [0.4, 0.5) is 5.69 Å². The van der Waals surface area contributed by atoms with Crippen molar-refractivity contribution < 1.29 is 24.1 Å². The number of hydrogen-bond acceptors (Lipinski definition) is 7. The van der Waals surface area contributed by atoms with Crippen molar-refractivity contribution in [1.82, 2.24) is 4.57 Å². The van der Waals surface area contributed by atoms with E-state index in [1.807, 2.05) is 48.7 Å². The summed E-state index contributed by atoms with van der Waals surface area (Å²) in [7, 11) is 1.59. The van der Waals surface area contributed by atoms with Gasteiger partial charge in [-0.1, -0.05) is 51.4 Å². The molecule has 0 radical (unpaired) electrons. The van der Waals surface area contributed by atoms with Gasteiger partial charge in [-0.05, 0) is 67.6 Å². The summed E-state index contributed by atoms with van der Waals surface area (Å²) in [6.45, 7) is 2.87. The molecule has 0 spiro atoms. The van der Waals surface area contributed by atoms with Crippen LogP contribution in [-0.2, 0) is 16.1 Å². The summed E-state index contributed by atoms with van der Waals surface area (Å²) < 4.78 is 19.4. The Bertz CT molecular complexity index is 1690. The zero-order chi connectivity index (χ0) is 28.9. The van der Waals surface area contributed by atoms with E-state index >= 15 is 0 Å². The highest BCUT2D eigenvalue weighted by molar-refractivity contribution is 9.10. The average molecular weight is 654 g/mol. The van der Waals surface area contributed by atoms with Crippen LogP contribution in [0.15, 0.2) is 98.6 Å². The minimum absolute atomic E-state index is 0.0389. The van der Waals surface area contributed by atoms with E-state index in [0.717, 1.165) is 20.9 Å². The molecular formula is C31H26BrClN2O5S. The second-order valence-corrected chi connectivity index (χ2v) is 11.2. The summed E-state index contributed by atoms with van der Waals surface area (Å²) in [5.41, 5.74) is 2.51. The third kappa shape index (κ3) is 6.48. The Morgan fingerprint density at radius 1 is 1.15 bits per heavy atom. The predicted octanol–water partition coefficient (Wildman–Crippen LogP) is 8.34. The first-order chi connectivity index (χ1) is 19.9. The van der Waals surface area contributed by atoms with Crippen LogP contribution in [0.5, 0.6) is 11.5 Å². The number of carbonyl (C=O) groups is 1. The van der Waals surface area contributed by atoms with E-state index in [-0.39, 0.29) is 17.9 Å². The highest BCUT2D eigenvalue weighted by Crippen LogP contribution is 2.41. The Balaban J connectivity index is 1.49. The normalized spacial score (nSPS) is 15.2. The van der Waals surface area contributed by atoms with Gasteiger partial charge in [0.25, 0.3) is 0 Å². The summed E-state index contributed by atoms with van der Waals surface area (Å²) in [6.07, 6.45) is 3.85. The van der Waals surface area contributed by atoms with Crippen molar-refractivity contribution >= 4 is 73.0 Å². The minimum atomic E-state index is -0.630. The number of carbonyl (C=O) groups excluding carboxylic acids is 1.